The largest absolute Gasteiger partial charge is 0.392 e. The lowest BCUT2D eigenvalue weighted by molar-refractivity contribution is 0.0189. The highest BCUT2D eigenvalue weighted by Gasteiger charge is 2.34. The number of hydrogen-bond donors (Lipinski definition) is 1. The van der Waals surface area contributed by atoms with Gasteiger partial charge in [0.05, 0.1) is 6.10 Å². The summed E-state index contributed by atoms with van der Waals surface area (Å²) in [6.07, 6.45) is 9.22. The number of rotatable bonds is 3. The van der Waals surface area contributed by atoms with Crippen molar-refractivity contribution in [1.82, 2.24) is 0 Å². The van der Waals surface area contributed by atoms with Crippen molar-refractivity contribution in [2.24, 2.45) is 23.7 Å². The number of hydrogen-bond acceptors (Lipinski definition) is 1. The monoisotopic (exact) mass is 208 g/mol. The van der Waals surface area contributed by atoms with E-state index in [2.05, 4.69) is 26.7 Å². The molecule has 86 valence electrons. The molecule has 1 nitrogen and oxygen atoms in total. The Morgan fingerprint density at radius 1 is 1.33 bits per heavy atom. The standard InChI is InChI=1S/C14H24O/c1-5-6-14(15)13-9-11(4)7-8-12(13)10(2)3/h1,10-15H,6-9H2,2-4H3/t11-,12+,13-,14?/m1/s1. The van der Waals surface area contributed by atoms with Crippen LogP contribution in [0.5, 0.6) is 0 Å². The van der Waals surface area contributed by atoms with E-state index in [4.69, 9.17) is 6.42 Å². The average molecular weight is 208 g/mol. The van der Waals surface area contributed by atoms with E-state index in [0.717, 1.165) is 12.3 Å². The predicted octanol–water partition coefficient (Wildman–Crippen LogP) is 3.08. The van der Waals surface area contributed by atoms with E-state index >= 15 is 0 Å². The van der Waals surface area contributed by atoms with Crippen molar-refractivity contribution >= 4 is 0 Å². The molecule has 1 aliphatic rings. The Balaban J connectivity index is 2.66. The molecule has 1 rings (SSSR count). The first kappa shape index (κ1) is 12.6. The number of aliphatic hydroxyl groups excluding tert-OH is 1. The molecule has 1 saturated carbocycles. The molecule has 0 aliphatic heterocycles. The molecule has 1 fully saturated rings. The van der Waals surface area contributed by atoms with Crippen LogP contribution in [0.1, 0.15) is 46.5 Å². The van der Waals surface area contributed by atoms with Crippen LogP contribution in [0.4, 0.5) is 0 Å². The summed E-state index contributed by atoms with van der Waals surface area (Å²) >= 11 is 0. The lowest BCUT2D eigenvalue weighted by Crippen LogP contribution is -2.35. The van der Waals surface area contributed by atoms with E-state index in [0.29, 0.717) is 24.2 Å². The molecule has 0 amide bonds. The Morgan fingerprint density at radius 3 is 2.53 bits per heavy atom. The van der Waals surface area contributed by atoms with E-state index < -0.39 is 0 Å². The zero-order valence-corrected chi connectivity index (χ0v) is 10.2. The van der Waals surface area contributed by atoms with Gasteiger partial charge < -0.3 is 5.11 Å². The fraction of sp³-hybridized carbons (Fsp3) is 0.857. The van der Waals surface area contributed by atoms with Gasteiger partial charge in [0.1, 0.15) is 0 Å². The minimum atomic E-state index is -0.287. The maximum absolute atomic E-state index is 10.1. The minimum absolute atomic E-state index is 0.287. The van der Waals surface area contributed by atoms with Crippen LogP contribution >= 0.6 is 0 Å². The maximum Gasteiger partial charge on any atom is 0.0680 e. The first-order valence-electron chi connectivity index (χ1n) is 6.17. The average Bonchev–Trinajstić information content (AvgIpc) is 2.17. The van der Waals surface area contributed by atoms with Gasteiger partial charge in [0.15, 0.2) is 0 Å². The summed E-state index contributed by atoms with van der Waals surface area (Å²) in [5, 5.41) is 10.1. The zero-order valence-electron chi connectivity index (χ0n) is 10.2. The third-order valence-corrected chi connectivity index (χ3v) is 3.89. The van der Waals surface area contributed by atoms with Crippen molar-refractivity contribution in [3.05, 3.63) is 0 Å². The Hall–Kier alpha value is -0.480. The van der Waals surface area contributed by atoms with E-state index in [1.807, 2.05) is 0 Å². The minimum Gasteiger partial charge on any atom is -0.392 e. The molecule has 0 aromatic heterocycles. The van der Waals surface area contributed by atoms with Gasteiger partial charge in [-0.05, 0) is 36.5 Å². The summed E-state index contributed by atoms with van der Waals surface area (Å²) in [7, 11) is 0. The number of aliphatic hydroxyl groups is 1. The Labute approximate surface area is 94.3 Å². The Morgan fingerprint density at radius 2 is 2.00 bits per heavy atom. The van der Waals surface area contributed by atoms with Gasteiger partial charge in [-0.1, -0.05) is 27.2 Å². The molecule has 0 aromatic rings. The van der Waals surface area contributed by atoms with Gasteiger partial charge in [0.25, 0.3) is 0 Å². The summed E-state index contributed by atoms with van der Waals surface area (Å²) < 4.78 is 0. The van der Waals surface area contributed by atoms with Crippen molar-refractivity contribution in [1.29, 1.82) is 0 Å². The third-order valence-electron chi connectivity index (χ3n) is 3.89. The number of terminal acetylenes is 1. The normalized spacial score (nSPS) is 33.7. The fourth-order valence-electron chi connectivity index (χ4n) is 2.99. The highest BCUT2D eigenvalue weighted by molar-refractivity contribution is 4.93. The lowest BCUT2D eigenvalue weighted by atomic mass is 9.67. The molecule has 1 N–H and O–H groups in total. The van der Waals surface area contributed by atoms with Gasteiger partial charge in [-0.2, -0.15) is 0 Å². The third kappa shape index (κ3) is 3.24. The molecule has 15 heavy (non-hydrogen) atoms. The fourth-order valence-corrected chi connectivity index (χ4v) is 2.99. The van der Waals surface area contributed by atoms with Gasteiger partial charge in [0, 0.05) is 6.42 Å². The quantitative estimate of drug-likeness (QED) is 0.707. The predicted molar refractivity (Wildman–Crippen MR) is 64.3 cm³/mol. The molecule has 0 aromatic carbocycles. The van der Waals surface area contributed by atoms with Crippen molar-refractivity contribution < 1.29 is 5.11 Å². The van der Waals surface area contributed by atoms with Crippen LogP contribution in [-0.2, 0) is 0 Å². The SMILES string of the molecule is C#CCC(O)[C@@H]1C[C@H](C)CC[C@H]1C(C)C. The molecule has 0 spiro atoms. The van der Waals surface area contributed by atoms with E-state index in [9.17, 15) is 5.11 Å². The second-order valence-corrected chi connectivity index (χ2v) is 5.47. The zero-order chi connectivity index (χ0) is 11.4. The molecule has 0 heterocycles. The van der Waals surface area contributed by atoms with Crippen molar-refractivity contribution in [2.45, 2.75) is 52.6 Å². The smallest absolute Gasteiger partial charge is 0.0680 e. The van der Waals surface area contributed by atoms with Crippen molar-refractivity contribution in [2.75, 3.05) is 0 Å². The van der Waals surface area contributed by atoms with Crippen LogP contribution in [0.3, 0.4) is 0 Å². The molecule has 1 aliphatic carbocycles. The van der Waals surface area contributed by atoms with Crippen LogP contribution in [0, 0.1) is 36.0 Å². The highest BCUT2D eigenvalue weighted by Crippen LogP contribution is 2.40. The molecule has 0 saturated heterocycles. The van der Waals surface area contributed by atoms with Gasteiger partial charge in [-0.15, -0.1) is 12.3 Å². The molecule has 1 unspecified atom stereocenters. The molecular weight excluding hydrogens is 184 g/mol. The molecular formula is C14H24O. The lowest BCUT2D eigenvalue weighted by Gasteiger charge is -2.39. The van der Waals surface area contributed by atoms with Crippen LogP contribution < -0.4 is 0 Å². The van der Waals surface area contributed by atoms with Gasteiger partial charge >= 0.3 is 0 Å². The first-order valence-corrected chi connectivity index (χ1v) is 6.17. The maximum atomic E-state index is 10.1. The van der Waals surface area contributed by atoms with Gasteiger partial charge in [-0.25, -0.2) is 0 Å². The first-order chi connectivity index (χ1) is 7.06. The van der Waals surface area contributed by atoms with E-state index in [1.54, 1.807) is 0 Å². The van der Waals surface area contributed by atoms with Crippen LogP contribution in [-0.4, -0.2) is 11.2 Å². The molecule has 0 radical (unpaired) electrons. The van der Waals surface area contributed by atoms with Crippen molar-refractivity contribution in [3.63, 3.8) is 0 Å². The van der Waals surface area contributed by atoms with Gasteiger partial charge in [-0.3, -0.25) is 0 Å². The Bertz CT molecular complexity index is 226. The summed E-state index contributed by atoms with van der Waals surface area (Å²) in [5.41, 5.74) is 0. The molecule has 0 bridgehead atoms. The summed E-state index contributed by atoms with van der Waals surface area (Å²) in [5.74, 6) is 5.08. The molecule has 4 atom stereocenters. The second-order valence-electron chi connectivity index (χ2n) is 5.47. The molecule has 1 heteroatoms. The van der Waals surface area contributed by atoms with Crippen molar-refractivity contribution in [3.8, 4) is 12.3 Å². The topological polar surface area (TPSA) is 20.2 Å². The Kier molecular flexibility index (Phi) is 4.67. The summed E-state index contributed by atoms with van der Waals surface area (Å²) in [6, 6.07) is 0. The summed E-state index contributed by atoms with van der Waals surface area (Å²) in [6.45, 7) is 6.80. The highest BCUT2D eigenvalue weighted by atomic mass is 16.3. The van der Waals surface area contributed by atoms with E-state index in [1.165, 1.54) is 12.8 Å². The van der Waals surface area contributed by atoms with Crippen LogP contribution in [0.25, 0.3) is 0 Å². The second kappa shape index (κ2) is 5.56. The van der Waals surface area contributed by atoms with E-state index in [-0.39, 0.29) is 6.10 Å². The van der Waals surface area contributed by atoms with Gasteiger partial charge in [0.2, 0.25) is 0 Å². The van der Waals surface area contributed by atoms with Crippen LogP contribution in [0.15, 0.2) is 0 Å². The van der Waals surface area contributed by atoms with Crippen LogP contribution in [0.2, 0.25) is 0 Å². The summed E-state index contributed by atoms with van der Waals surface area (Å²) in [4.78, 5) is 0.